The Labute approximate surface area is 215 Å². The molecule has 1 fully saturated rings. The third-order valence-corrected chi connectivity index (χ3v) is 6.50. The summed E-state index contributed by atoms with van der Waals surface area (Å²) in [6, 6.07) is 21.3. The first kappa shape index (κ1) is 24.7. The smallest absolute Gasteiger partial charge is 0.272 e. The van der Waals surface area contributed by atoms with Crippen LogP contribution in [-0.2, 0) is 17.7 Å². The van der Waals surface area contributed by atoms with Gasteiger partial charge in [0.05, 0.1) is 35.7 Å². The van der Waals surface area contributed by atoms with Gasteiger partial charge >= 0.3 is 0 Å². The highest BCUT2D eigenvalue weighted by Gasteiger charge is 2.18. The Morgan fingerprint density at radius 2 is 1.78 bits per heavy atom. The Morgan fingerprint density at radius 1 is 1.00 bits per heavy atom. The van der Waals surface area contributed by atoms with E-state index in [2.05, 4.69) is 31.4 Å². The normalized spacial score (nSPS) is 13.8. The molecule has 190 valence electrons. The summed E-state index contributed by atoms with van der Waals surface area (Å²) in [4.78, 5) is 29.9. The molecule has 8 heteroatoms. The van der Waals surface area contributed by atoms with Crippen LogP contribution in [-0.4, -0.2) is 61.4 Å². The zero-order valence-electron chi connectivity index (χ0n) is 21.2. The van der Waals surface area contributed by atoms with Gasteiger partial charge in [0.2, 0.25) is 0 Å². The van der Waals surface area contributed by atoms with E-state index < -0.39 is 0 Å². The number of carbonyl (C=O) groups is 1. The quantitative estimate of drug-likeness (QED) is 0.405. The molecule has 5 rings (SSSR count). The first-order valence-electron chi connectivity index (χ1n) is 12.4. The summed E-state index contributed by atoms with van der Waals surface area (Å²) in [5.74, 6) is -0.153. The van der Waals surface area contributed by atoms with Crippen molar-refractivity contribution < 1.29 is 9.53 Å². The molecule has 1 aliphatic heterocycles. The van der Waals surface area contributed by atoms with Gasteiger partial charge in [-0.05, 0) is 55.6 Å². The number of nitrogens with zero attached hydrogens (tertiary/aromatic N) is 3. The Hall–Kier alpha value is -4.01. The van der Waals surface area contributed by atoms with Crippen LogP contribution in [0.1, 0.15) is 27.2 Å². The van der Waals surface area contributed by atoms with Crippen LogP contribution in [0.5, 0.6) is 0 Å². The largest absolute Gasteiger partial charge is 0.378 e. The lowest BCUT2D eigenvalue weighted by molar-refractivity contribution is 0.102. The van der Waals surface area contributed by atoms with Gasteiger partial charge in [-0.2, -0.15) is 5.10 Å². The SMILES string of the molecule is CN(C)Cc1cccc(C(=O)Nc2cc(Cc3n[nH]c(=O)c4ccccc34)ccc2N2CCOCC2)c1. The van der Waals surface area contributed by atoms with Gasteiger partial charge in [0.25, 0.3) is 11.5 Å². The summed E-state index contributed by atoms with van der Waals surface area (Å²) in [6.45, 7) is 3.57. The Morgan fingerprint density at radius 3 is 2.57 bits per heavy atom. The molecule has 0 atom stereocenters. The van der Waals surface area contributed by atoms with Crippen molar-refractivity contribution in [1.82, 2.24) is 15.1 Å². The number of ether oxygens (including phenoxy) is 1. The van der Waals surface area contributed by atoms with Gasteiger partial charge in [-0.15, -0.1) is 0 Å². The Balaban J connectivity index is 1.47. The maximum Gasteiger partial charge on any atom is 0.272 e. The second kappa shape index (κ2) is 10.9. The summed E-state index contributed by atoms with van der Waals surface area (Å²) in [7, 11) is 4.01. The van der Waals surface area contributed by atoms with E-state index in [1.165, 1.54) is 0 Å². The number of hydrogen-bond donors (Lipinski definition) is 2. The van der Waals surface area contributed by atoms with Crippen molar-refractivity contribution in [1.29, 1.82) is 0 Å². The third kappa shape index (κ3) is 5.71. The predicted molar refractivity (Wildman–Crippen MR) is 146 cm³/mol. The molecule has 3 aromatic carbocycles. The highest BCUT2D eigenvalue weighted by atomic mass is 16.5. The predicted octanol–water partition coefficient (Wildman–Crippen LogP) is 3.66. The number of anilines is 2. The maximum absolute atomic E-state index is 13.3. The molecule has 2 heterocycles. The number of morpholine rings is 1. The molecule has 0 aliphatic carbocycles. The van der Waals surface area contributed by atoms with Gasteiger partial charge in [0.1, 0.15) is 0 Å². The van der Waals surface area contributed by atoms with Crippen LogP contribution < -0.4 is 15.8 Å². The number of benzene rings is 3. The zero-order chi connectivity index (χ0) is 25.8. The van der Waals surface area contributed by atoms with E-state index in [-0.39, 0.29) is 11.5 Å². The molecule has 4 aromatic rings. The molecule has 1 aromatic heterocycles. The van der Waals surface area contributed by atoms with E-state index in [0.29, 0.717) is 30.6 Å². The van der Waals surface area contributed by atoms with Crippen molar-refractivity contribution in [3.8, 4) is 0 Å². The molecule has 2 N–H and O–H groups in total. The van der Waals surface area contributed by atoms with Crippen LogP contribution in [0.4, 0.5) is 11.4 Å². The number of rotatable bonds is 7. The van der Waals surface area contributed by atoms with Crippen LogP contribution in [0, 0.1) is 0 Å². The van der Waals surface area contributed by atoms with E-state index in [0.717, 1.165) is 53.2 Å². The van der Waals surface area contributed by atoms with E-state index >= 15 is 0 Å². The maximum atomic E-state index is 13.3. The molecule has 1 saturated heterocycles. The summed E-state index contributed by atoms with van der Waals surface area (Å²) >= 11 is 0. The molecule has 1 amide bonds. The first-order chi connectivity index (χ1) is 18.0. The fourth-order valence-corrected chi connectivity index (χ4v) is 4.74. The van der Waals surface area contributed by atoms with Crippen molar-refractivity contribution in [3.05, 3.63) is 99.5 Å². The minimum atomic E-state index is -0.202. The number of aromatic amines is 1. The van der Waals surface area contributed by atoms with Crippen LogP contribution in [0.3, 0.4) is 0 Å². The lowest BCUT2D eigenvalue weighted by Gasteiger charge is -2.31. The molecule has 8 nitrogen and oxygen atoms in total. The van der Waals surface area contributed by atoms with Crippen LogP contribution >= 0.6 is 0 Å². The first-order valence-corrected chi connectivity index (χ1v) is 12.4. The molecule has 0 unspecified atom stereocenters. The van der Waals surface area contributed by atoms with Crippen molar-refractivity contribution in [2.75, 3.05) is 50.6 Å². The zero-order valence-corrected chi connectivity index (χ0v) is 21.2. The molecule has 0 spiro atoms. The lowest BCUT2D eigenvalue weighted by atomic mass is 10.0. The standard InChI is InChI=1S/C29H31N5O3/c1-33(2)19-21-6-5-7-22(16-21)28(35)30-26-18-20(10-11-27(26)34-12-14-37-15-13-34)17-25-23-8-3-4-9-24(23)29(36)32-31-25/h3-11,16,18H,12-15,17,19H2,1-2H3,(H,30,35)(H,32,36). The highest BCUT2D eigenvalue weighted by Crippen LogP contribution is 2.30. The third-order valence-electron chi connectivity index (χ3n) is 6.50. The number of fused-ring (bicyclic) bond motifs is 1. The molecular formula is C29H31N5O3. The van der Waals surface area contributed by atoms with Crippen molar-refractivity contribution in [2.45, 2.75) is 13.0 Å². The van der Waals surface area contributed by atoms with Crippen molar-refractivity contribution in [3.63, 3.8) is 0 Å². The Bertz CT molecular complexity index is 1470. The summed E-state index contributed by atoms with van der Waals surface area (Å²) in [5, 5.41) is 11.5. The van der Waals surface area contributed by atoms with Crippen LogP contribution in [0.25, 0.3) is 10.8 Å². The second-order valence-electron chi connectivity index (χ2n) is 9.56. The number of aromatic nitrogens is 2. The van der Waals surface area contributed by atoms with Gasteiger partial charge in [-0.1, -0.05) is 36.4 Å². The molecule has 0 radical (unpaired) electrons. The number of carbonyl (C=O) groups excluding carboxylic acids is 1. The van der Waals surface area contributed by atoms with Crippen LogP contribution in [0.15, 0.2) is 71.5 Å². The van der Waals surface area contributed by atoms with Gasteiger partial charge in [-0.25, -0.2) is 5.10 Å². The Kier molecular flexibility index (Phi) is 7.30. The van der Waals surface area contributed by atoms with Crippen LogP contribution in [0.2, 0.25) is 0 Å². The minimum absolute atomic E-state index is 0.153. The van der Waals surface area contributed by atoms with Crippen molar-refractivity contribution >= 4 is 28.1 Å². The number of nitrogens with one attached hydrogen (secondary N) is 2. The summed E-state index contributed by atoms with van der Waals surface area (Å²) in [5.41, 5.74) is 4.97. The number of H-pyrrole nitrogens is 1. The second-order valence-corrected chi connectivity index (χ2v) is 9.56. The monoisotopic (exact) mass is 497 g/mol. The highest BCUT2D eigenvalue weighted by molar-refractivity contribution is 6.06. The lowest BCUT2D eigenvalue weighted by Crippen LogP contribution is -2.36. The topological polar surface area (TPSA) is 90.6 Å². The van der Waals surface area contributed by atoms with Crippen molar-refractivity contribution in [2.24, 2.45) is 0 Å². The van der Waals surface area contributed by atoms with E-state index in [4.69, 9.17) is 4.74 Å². The van der Waals surface area contributed by atoms with E-state index in [1.54, 1.807) is 6.07 Å². The van der Waals surface area contributed by atoms with E-state index in [1.807, 2.05) is 68.7 Å². The van der Waals surface area contributed by atoms with Gasteiger partial charge in [0, 0.05) is 37.0 Å². The molecule has 0 bridgehead atoms. The average Bonchev–Trinajstić information content (AvgIpc) is 2.91. The summed E-state index contributed by atoms with van der Waals surface area (Å²) in [6.07, 6.45) is 0.516. The average molecular weight is 498 g/mol. The number of amides is 1. The van der Waals surface area contributed by atoms with Gasteiger partial charge in [0.15, 0.2) is 0 Å². The summed E-state index contributed by atoms with van der Waals surface area (Å²) < 4.78 is 5.54. The fourth-order valence-electron chi connectivity index (χ4n) is 4.74. The van der Waals surface area contributed by atoms with Gasteiger partial charge < -0.3 is 19.9 Å². The van der Waals surface area contributed by atoms with E-state index in [9.17, 15) is 9.59 Å². The molecule has 37 heavy (non-hydrogen) atoms. The number of hydrogen-bond acceptors (Lipinski definition) is 6. The molecular weight excluding hydrogens is 466 g/mol. The minimum Gasteiger partial charge on any atom is -0.378 e. The van der Waals surface area contributed by atoms with Gasteiger partial charge in [-0.3, -0.25) is 9.59 Å². The molecule has 1 aliphatic rings. The fraction of sp³-hybridized carbons (Fsp3) is 0.276. The molecule has 0 saturated carbocycles.